The maximum Gasteiger partial charge on any atom is 0.311 e. The molecule has 1 aliphatic heterocycles. The Balaban J connectivity index is 1.53. The van der Waals surface area contributed by atoms with Crippen LogP contribution in [0, 0.1) is 10.1 Å². The molecule has 4 aromatic rings. The fourth-order valence-corrected chi connectivity index (χ4v) is 5.31. The van der Waals surface area contributed by atoms with E-state index in [0.29, 0.717) is 16.8 Å². The first-order chi connectivity index (χ1) is 19.3. The first kappa shape index (κ1) is 27.1. The van der Waals surface area contributed by atoms with Crippen molar-refractivity contribution in [3.63, 3.8) is 0 Å². The molecule has 0 aliphatic carbocycles. The number of methoxy groups -OCH3 is 1. The van der Waals surface area contributed by atoms with Crippen LogP contribution in [0.4, 0.5) is 5.69 Å². The first-order valence-electron chi connectivity index (χ1n) is 11.6. The summed E-state index contributed by atoms with van der Waals surface area (Å²) in [6.45, 7) is 0. The van der Waals surface area contributed by atoms with Crippen LogP contribution in [0.25, 0.3) is 23.0 Å². The number of carbonyl (C=O) groups excluding carboxylic acids is 2. The van der Waals surface area contributed by atoms with Gasteiger partial charge in [-0.2, -0.15) is 10.1 Å². The van der Waals surface area contributed by atoms with Gasteiger partial charge in [-0.15, -0.1) is 0 Å². The number of thioether (sulfide) groups is 1. The van der Waals surface area contributed by atoms with E-state index in [9.17, 15) is 19.7 Å². The van der Waals surface area contributed by atoms with Gasteiger partial charge in [0, 0.05) is 23.4 Å². The molecule has 3 aromatic carbocycles. The Hall–Kier alpha value is -4.52. The van der Waals surface area contributed by atoms with E-state index < -0.39 is 16.7 Å². The maximum atomic E-state index is 13.3. The summed E-state index contributed by atoms with van der Waals surface area (Å²) in [6, 6.07) is 20.2. The zero-order valence-corrected chi connectivity index (χ0v) is 23.0. The molecule has 1 aromatic heterocycles. The number of nitro groups is 1. The lowest BCUT2D eigenvalue weighted by molar-refractivity contribution is -0.385. The van der Waals surface area contributed by atoms with Crippen LogP contribution in [0.2, 0.25) is 5.02 Å². The molecule has 0 bridgehead atoms. The van der Waals surface area contributed by atoms with E-state index in [1.54, 1.807) is 41.2 Å². The van der Waals surface area contributed by atoms with Gasteiger partial charge < -0.3 is 4.74 Å². The molecule has 13 heteroatoms. The SMILES string of the molecule is COc1ccc(-c2nn(-c3ccccc3)cc2C=C2SC(=S)N(NC(=O)c3ccccc3Cl)C2=O)cc1[N+](=O)[O-]. The van der Waals surface area contributed by atoms with Crippen LogP contribution >= 0.6 is 35.6 Å². The summed E-state index contributed by atoms with van der Waals surface area (Å²) in [5.41, 5.74) is 4.54. The average molecular weight is 592 g/mol. The number of rotatable bonds is 7. The van der Waals surface area contributed by atoms with Crippen LogP contribution in [-0.2, 0) is 4.79 Å². The Kier molecular flexibility index (Phi) is 7.65. The summed E-state index contributed by atoms with van der Waals surface area (Å²) >= 11 is 12.5. The van der Waals surface area contributed by atoms with Gasteiger partial charge in [-0.25, -0.2) is 4.68 Å². The van der Waals surface area contributed by atoms with Crippen LogP contribution in [0.1, 0.15) is 15.9 Å². The zero-order valence-electron chi connectivity index (χ0n) is 20.6. The Morgan fingerprint density at radius 3 is 2.58 bits per heavy atom. The smallest absolute Gasteiger partial charge is 0.311 e. The van der Waals surface area contributed by atoms with Gasteiger partial charge >= 0.3 is 5.69 Å². The van der Waals surface area contributed by atoms with Gasteiger partial charge in [0.25, 0.3) is 11.8 Å². The predicted octanol–water partition coefficient (Wildman–Crippen LogP) is 5.66. The standard InChI is InChI=1S/C27H18ClN5O5S2/c1-38-22-12-11-16(13-21(22)33(36)37)24-17(15-31(29-24)18-7-3-2-4-8-18)14-23-26(35)32(27(39)40-23)30-25(34)19-9-5-6-10-20(19)28/h2-15H,1H3,(H,30,34). The highest BCUT2D eigenvalue weighted by Crippen LogP contribution is 2.37. The van der Waals surface area contributed by atoms with Gasteiger partial charge in [-0.05, 0) is 54.7 Å². The molecule has 5 rings (SSSR count). The van der Waals surface area contributed by atoms with E-state index in [-0.39, 0.29) is 31.2 Å². The molecule has 2 amide bonds. The van der Waals surface area contributed by atoms with Crippen LogP contribution < -0.4 is 10.2 Å². The van der Waals surface area contributed by atoms with Crippen molar-refractivity contribution in [2.75, 3.05) is 7.11 Å². The number of nitrogens with one attached hydrogen (secondary N) is 1. The highest BCUT2D eigenvalue weighted by atomic mass is 35.5. The van der Waals surface area contributed by atoms with Crippen molar-refractivity contribution in [2.24, 2.45) is 0 Å². The summed E-state index contributed by atoms with van der Waals surface area (Å²) in [5.74, 6) is -1.03. The molecular weight excluding hydrogens is 574 g/mol. The second-order valence-corrected chi connectivity index (χ2v) is 10.4. The maximum absolute atomic E-state index is 13.3. The number of amides is 2. The molecule has 0 atom stereocenters. The Morgan fingerprint density at radius 2 is 1.88 bits per heavy atom. The minimum absolute atomic E-state index is 0.105. The molecule has 0 spiro atoms. The number of nitrogens with zero attached hydrogens (tertiary/aromatic N) is 4. The molecule has 2 heterocycles. The molecular formula is C27H18ClN5O5S2. The van der Waals surface area contributed by atoms with Crippen molar-refractivity contribution in [1.82, 2.24) is 20.2 Å². The van der Waals surface area contributed by atoms with E-state index in [1.165, 1.54) is 25.3 Å². The molecule has 0 radical (unpaired) electrons. The lowest BCUT2D eigenvalue weighted by Crippen LogP contribution is -2.44. The third-order valence-electron chi connectivity index (χ3n) is 5.82. The fraction of sp³-hybridized carbons (Fsp3) is 0.0370. The Bertz CT molecular complexity index is 1710. The van der Waals surface area contributed by atoms with Gasteiger partial charge in [-0.3, -0.25) is 25.1 Å². The van der Waals surface area contributed by atoms with Crippen LogP contribution in [0.5, 0.6) is 5.75 Å². The van der Waals surface area contributed by atoms with E-state index in [0.717, 1.165) is 22.5 Å². The minimum Gasteiger partial charge on any atom is -0.490 e. The normalized spacial score (nSPS) is 14.1. The number of hydrazine groups is 1. The molecule has 10 nitrogen and oxygen atoms in total. The number of hydrogen-bond acceptors (Lipinski definition) is 8. The molecule has 1 N–H and O–H groups in total. The van der Waals surface area contributed by atoms with Gasteiger partial charge in [-0.1, -0.05) is 53.7 Å². The highest BCUT2D eigenvalue weighted by Gasteiger charge is 2.34. The predicted molar refractivity (Wildman–Crippen MR) is 156 cm³/mol. The fourth-order valence-electron chi connectivity index (χ4n) is 3.92. The topological polar surface area (TPSA) is 120 Å². The quantitative estimate of drug-likeness (QED) is 0.127. The van der Waals surface area contributed by atoms with Crippen LogP contribution in [-0.4, -0.2) is 43.0 Å². The summed E-state index contributed by atoms with van der Waals surface area (Å²) in [4.78, 5) is 37.4. The Labute approximate surface area is 242 Å². The van der Waals surface area contributed by atoms with Crippen molar-refractivity contribution < 1.29 is 19.2 Å². The number of ether oxygens (including phenoxy) is 1. The number of halogens is 1. The zero-order chi connectivity index (χ0) is 28.4. The molecule has 1 fully saturated rings. The van der Waals surface area contributed by atoms with Gasteiger partial charge in [0.15, 0.2) is 10.1 Å². The van der Waals surface area contributed by atoms with E-state index in [2.05, 4.69) is 10.5 Å². The molecule has 1 saturated heterocycles. The van der Waals surface area contributed by atoms with Crippen molar-refractivity contribution >= 4 is 63.5 Å². The van der Waals surface area contributed by atoms with E-state index in [4.69, 9.17) is 28.6 Å². The lowest BCUT2D eigenvalue weighted by Gasteiger charge is -2.16. The number of benzene rings is 3. The van der Waals surface area contributed by atoms with Crippen molar-refractivity contribution in [1.29, 1.82) is 0 Å². The summed E-state index contributed by atoms with van der Waals surface area (Å²) in [6.07, 6.45) is 3.29. The van der Waals surface area contributed by atoms with Crippen molar-refractivity contribution in [3.8, 4) is 22.7 Å². The molecule has 0 saturated carbocycles. The number of para-hydroxylation sites is 1. The first-order valence-corrected chi connectivity index (χ1v) is 13.2. The second-order valence-electron chi connectivity index (χ2n) is 8.29. The lowest BCUT2D eigenvalue weighted by atomic mass is 10.1. The molecule has 1 aliphatic rings. The largest absolute Gasteiger partial charge is 0.490 e. The van der Waals surface area contributed by atoms with Crippen molar-refractivity contribution in [2.45, 2.75) is 0 Å². The molecule has 200 valence electrons. The number of aromatic nitrogens is 2. The van der Waals surface area contributed by atoms with Crippen LogP contribution in [0.3, 0.4) is 0 Å². The van der Waals surface area contributed by atoms with E-state index in [1.807, 2.05) is 30.3 Å². The number of thiocarbonyl (C=S) groups is 1. The summed E-state index contributed by atoms with van der Waals surface area (Å²) in [7, 11) is 1.35. The van der Waals surface area contributed by atoms with Gasteiger partial charge in [0.05, 0.1) is 33.2 Å². The summed E-state index contributed by atoms with van der Waals surface area (Å²) in [5, 5.41) is 17.5. The number of carbonyl (C=O) groups is 2. The van der Waals surface area contributed by atoms with Crippen LogP contribution in [0.15, 0.2) is 83.9 Å². The Morgan fingerprint density at radius 1 is 1.15 bits per heavy atom. The molecule has 40 heavy (non-hydrogen) atoms. The number of hydrogen-bond donors (Lipinski definition) is 1. The molecule has 0 unspecified atom stereocenters. The van der Waals surface area contributed by atoms with E-state index >= 15 is 0 Å². The summed E-state index contributed by atoms with van der Waals surface area (Å²) < 4.78 is 6.86. The van der Waals surface area contributed by atoms with Gasteiger partial charge in [0.2, 0.25) is 0 Å². The van der Waals surface area contributed by atoms with Gasteiger partial charge in [0.1, 0.15) is 5.69 Å². The number of nitro benzene ring substituents is 1. The third kappa shape index (κ3) is 5.32. The van der Waals surface area contributed by atoms with Crippen molar-refractivity contribution in [3.05, 3.63) is 110 Å². The highest BCUT2D eigenvalue weighted by molar-refractivity contribution is 8.26. The third-order valence-corrected chi connectivity index (χ3v) is 7.46. The second kappa shape index (κ2) is 11.3. The minimum atomic E-state index is -0.591. The monoisotopic (exact) mass is 591 g/mol. The average Bonchev–Trinajstić information content (AvgIpc) is 3.49.